The van der Waals surface area contributed by atoms with Crippen LogP contribution in [0.25, 0.3) is 0 Å². The van der Waals surface area contributed by atoms with Crippen molar-refractivity contribution in [3.63, 3.8) is 0 Å². The Balaban J connectivity index is 1.42. The lowest BCUT2D eigenvalue weighted by atomic mass is 9.55. The molecule has 1 amide bonds. The molecule has 1 aliphatic heterocycles. The fraction of sp³-hybridized carbons (Fsp3) is 0.388. The summed E-state index contributed by atoms with van der Waals surface area (Å²) in [6, 6.07) is 21.7. The van der Waals surface area contributed by atoms with Gasteiger partial charge in [0.15, 0.2) is 0 Å². The van der Waals surface area contributed by atoms with Gasteiger partial charge < -0.3 is 34.0 Å². The molecule has 64 heavy (non-hydrogen) atoms. The number of aliphatic hydroxyl groups is 2. The van der Waals surface area contributed by atoms with Crippen LogP contribution in [-0.2, 0) is 22.7 Å². The number of benzene rings is 4. The molecule has 6 unspecified atom stereocenters. The molecule has 2 N–H and O–H groups in total. The van der Waals surface area contributed by atoms with Gasteiger partial charge in [0.25, 0.3) is 5.69 Å². The highest BCUT2D eigenvalue weighted by molar-refractivity contribution is 6.03. The fourth-order valence-corrected chi connectivity index (χ4v) is 9.51. The van der Waals surface area contributed by atoms with Crippen molar-refractivity contribution in [1.82, 2.24) is 4.90 Å². The average Bonchev–Trinajstić information content (AvgIpc) is 3.29. The molecular formula is C49H53F2N3O10. The molecule has 0 radical (unpaired) electrons. The maximum atomic E-state index is 14.8. The highest BCUT2D eigenvalue weighted by atomic mass is 19.1. The third-order valence-electron chi connectivity index (χ3n) is 12.3. The van der Waals surface area contributed by atoms with Crippen LogP contribution in [0.3, 0.4) is 0 Å². The van der Waals surface area contributed by atoms with Gasteiger partial charge in [0.05, 0.1) is 23.2 Å². The SMILES string of the molecule is C=CCOC12Oc3ccc(OCc4ccccc4F)cc3C3C(CCCCO)C(CCCCO)C=C(C(=NOC)CC1N(Cc1ccc(F)cc1)C(=O)Oc1ccc([N+](=O)[O-])cc1)C32. The number of nitro groups is 1. The second-order valence-corrected chi connectivity index (χ2v) is 16.2. The number of nitro benzene ring substituents is 1. The van der Waals surface area contributed by atoms with Crippen LogP contribution in [0.2, 0.25) is 0 Å². The van der Waals surface area contributed by atoms with Crippen LogP contribution in [0, 0.1) is 39.5 Å². The van der Waals surface area contributed by atoms with Crippen molar-refractivity contribution in [1.29, 1.82) is 0 Å². The van der Waals surface area contributed by atoms with Gasteiger partial charge >= 0.3 is 6.09 Å². The number of halogens is 2. The molecule has 338 valence electrons. The number of carbonyl (C=O) groups is 1. The number of oxime groups is 1. The third kappa shape index (κ3) is 9.96. The summed E-state index contributed by atoms with van der Waals surface area (Å²) in [5.74, 6) is -2.68. The summed E-state index contributed by atoms with van der Waals surface area (Å²) in [4.78, 5) is 32.7. The number of rotatable bonds is 20. The first-order valence-corrected chi connectivity index (χ1v) is 21.6. The van der Waals surface area contributed by atoms with E-state index in [1.807, 2.05) is 6.07 Å². The summed E-state index contributed by atoms with van der Waals surface area (Å²) in [5, 5.41) is 35.8. The number of allylic oxidation sites excluding steroid dienone is 1. The average molecular weight is 882 g/mol. The maximum absolute atomic E-state index is 14.8. The van der Waals surface area contributed by atoms with Crippen LogP contribution >= 0.6 is 0 Å². The Morgan fingerprint density at radius 3 is 2.39 bits per heavy atom. The monoisotopic (exact) mass is 881 g/mol. The van der Waals surface area contributed by atoms with E-state index in [0.717, 1.165) is 24.0 Å². The molecule has 4 aromatic carbocycles. The van der Waals surface area contributed by atoms with Gasteiger partial charge in [-0.3, -0.25) is 15.0 Å². The molecule has 13 nitrogen and oxygen atoms in total. The maximum Gasteiger partial charge on any atom is 0.416 e. The summed E-state index contributed by atoms with van der Waals surface area (Å²) >= 11 is 0. The fourth-order valence-electron chi connectivity index (χ4n) is 9.51. The number of non-ortho nitro benzene ring substituents is 1. The highest BCUT2D eigenvalue weighted by Gasteiger charge is 2.65. The first kappa shape index (κ1) is 45.9. The summed E-state index contributed by atoms with van der Waals surface area (Å²) in [6.07, 6.45) is 7.05. The third-order valence-corrected chi connectivity index (χ3v) is 12.3. The highest BCUT2D eigenvalue weighted by Crippen LogP contribution is 2.62. The minimum absolute atomic E-state index is 0.000181. The number of hydrogen-bond acceptors (Lipinski definition) is 11. The van der Waals surface area contributed by atoms with Crippen molar-refractivity contribution in [3.8, 4) is 17.2 Å². The van der Waals surface area contributed by atoms with E-state index in [1.54, 1.807) is 48.5 Å². The number of fused-ring (bicyclic) bond motifs is 2. The standard InChI is InChI=1S/C49H53F2N3O10/c1-3-26-62-49-45(53(30-32-14-16-35(50)17-15-32)48(57)63-37-20-18-36(19-21-37)54(58)59)29-43(52-60-2)40-27-33(10-6-8-24-55)39(12-7-9-25-56)46(47(40)49)41-28-38(22-23-44(41)64-49)61-31-34-11-4-5-13-42(34)51/h3-5,11,13-23,27-28,33,39,45-47,55-56H,1,6-10,12,24-26,29-31H2,2H3. The number of amides is 1. The van der Waals surface area contributed by atoms with E-state index < -0.39 is 34.6 Å². The number of hydrogen-bond donors (Lipinski definition) is 2. The zero-order valence-electron chi connectivity index (χ0n) is 35.7. The largest absolute Gasteiger partial charge is 0.489 e. The first-order chi connectivity index (χ1) is 31.1. The minimum atomic E-state index is -1.65. The van der Waals surface area contributed by atoms with Crippen molar-refractivity contribution < 1.29 is 52.5 Å². The van der Waals surface area contributed by atoms with E-state index in [9.17, 15) is 33.9 Å². The number of nitrogens with zero attached hydrogens (tertiary/aromatic N) is 3. The van der Waals surface area contributed by atoms with Crippen LogP contribution < -0.4 is 14.2 Å². The molecule has 1 heterocycles. The molecule has 0 aromatic heterocycles. The Hall–Kier alpha value is -6.16. The van der Waals surface area contributed by atoms with Gasteiger partial charge in [0.1, 0.15) is 48.6 Å². The molecule has 7 rings (SSSR count). The van der Waals surface area contributed by atoms with Gasteiger partial charge in [-0.1, -0.05) is 60.5 Å². The zero-order chi connectivity index (χ0) is 45.2. The van der Waals surface area contributed by atoms with Crippen LogP contribution in [0.1, 0.15) is 67.6 Å². The van der Waals surface area contributed by atoms with Gasteiger partial charge in [-0.15, -0.1) is 6.58 Å². The lowest BCUT2D eigenvalue weighted by molar-refractivity contribution is -0.384. The van der Waals surface area contributed by atoms with Crippen molar-refractivity contribution in [2.24, 2.45) is 22.9 Å². The molecule has 0 bridgehead atoms. The Morgan fingerprint density at radius 2 is 1.70 bits per heavy atom. The normalized spacial score (nSPS) is 22.6. The molecule has 1 fully saturated rings. The first-order valence-electron chi connectivity index (χ1n) is 21.6. The van der Waals surface area contributed by atoms with Crippen molar-refractivity contribution in [3.05, 3.63) is 154 Å². The van der Waals surface area contributed by atoms with E-state index in [-0.39, 0.29) is 74.4 Å². The number of aliphatic hydroxyl groups excluding tert-OH is 2. The number of ether oxygens (including phenoxy) is 4. The summed E-state index contributed by atoms with van der Waals surface area (Å²) in [5.41, 5.74) is 2.90. The van der Waals surface area contributed by atoms with Gasteiger partial charge in [-0.05, 0) is 97.2 Å². The van der Waals surface area contributed by atoms with Crippen LogP contribution in [-0.4, -0.2) is 70.6 Å². The van der Waals surface area contributed by atoms with E-state index >= 15 is 0 Å². The topological polar surface area (TPSA) is 162 Å². The summed E-state index contributed by atoms with van der Waals surface area (Å²) < 4.78 is 55.5. The van der Waals surface area contributed by atoms with Crippen molar-refractivity contribution in [2.75, 3.05) is 26.9 Å². The zero-order valence-corrected chi connectivity index (χ0v) is 35.7. The predicted molar refractivity (Wildman–Crippen MR) is 234 cm³/mol. The quantitative estimate of drug-likeness (QED) is 0.0379. The number of carbonyl (C=O) groups excluding carboxylic acids is 1. The Labute approximate surface area is 370 Å². The second-order valence-electron chi connectivity index (χ2n) is 16.2. The van der Waals surface area contributed by atoms with Gasteiger partial charge in [-0.25, -0.2) is 13.6 Å². The van der Waals surface area contributed by atoms with Gasteiger partial charge in [0, 0.05) is 55.4 Å². The van der Waals surface area contributed by atoms with Crippen LogP contribution in [0.4, 0.5) is 19.3 Å². The van der Waals surface area contributed by atoms with Crippen molar-refractivity contribution in [2.45, 2.75) is 75.8 Å². The van der Waals surface area contributed by atoms with Gasteiger partial charge in [0.2, 0.25) is 5.79 Å². The second kappa shape index (κ2) is 21.0. The van der Waals surface area contributed by atoms with Crippen LogP contribution in [0.5, 0.6) is 17.2 Å². The molecule has 15 heteroatoms. The van der Waals surface area contributed by atoms with E-state index in [4.69, 9.17) is 23.8 Å². The smallest absolute Gasteiger partial charge is 0.416 e. The van der Waals surface area contributed by atoms with E-state index in [1.165, 1.54) is 54.5 Å². The molecule has 0 spiro atoms. The Bertz CT molecular complexity index is 2320. The summed E-state index contributed by atoms with van der Waals surface area (Å²) in [6.45, 7) is 3.89. The molecule has 3 aliphatic rings. The van der Waals surface area contributed by atoms with Crippen molar-refractivity contribution >= 4 is 17.5 Å². The molecule has 2 aliphatic carbocycles. The molecule has 4 aromatic rings. The molecule has 0 saturated heterocycles. The summed E-state index contributed by atoms with van der Waals surface area (Å²) in [7, 11) is 1.44. The van der Waals surface area contributed by atoms with Gasteiger partial charge in [-0.2, -0.15) is 0 Å². The Morgan fingerprint density at radius 1 is 0.984 bits per heavy atom. The molecule has 6 atom stereocenters. The lowest BCUT2D eigenvalue weighted by Crippen LogP contribution is -2.70. The molecule has 1 saturated carbocycles. The van der Waals surface area contributed by atoms with E-state index in [2.05, 4.69) is 17.8 Å². The number of unbranched alkanes of at least 4 members (excludes halogenated alkanes) is 2. The predicted octanol–water partition coefficient (Wildman–Crippen LogP) is 9.42. The van der Waals surface area contributed by atoms with Crippen LogP contribution in [0.15, 0.2) is 120 Å². The molecular weight excluding hydrogens is 829 g/mol. The Kier molecular flexibility index (Phi) is 15.1. The minimum Gasteiger partial charge on any atom is -0.489 e. The lowest BCUT2D eigenvalue weighted by Gasteiger charge is -2.59. The van der Waals surface area contributed by atoms with E-state index in [0.29, 0.717) is 54.0 Å².